The summed E-state index contributed by atoms with van der Waals surface area (Å²) < 4.78 is 8.52. The highest BCUT2D eigenvalue weighted by Gasteiger charge is 2.11. The molecule has 5 heteroatoms. The summed E-state index contributed by atoms with van der Waals surface area (Å²) in [5, 5.41) is 10.2. The number of imidazole rings is 1. The summed E-state index contributed by atoms with van der Waals surface area (Å²) in [5.74, 6) is 0.771. The van der Waals surface area contributed by atoms with Crippen molar-refractivity contribution in [3.8, 4) is 5.75 Å². The number of nitrogens with zero attached hydrogens (tertiary/aromatic N) is 2. The zero-order valence-electron chi connectivity index (χ0n) is 12.0. The first kappa shape index (κ1) is 14.4. The van der Waals surface area contributed by atoms with Crippen LogP contribution < -0.4 is 10.4 Å². The Labute approximate surface area is 118 Å². The predicted octanol–water partition coefficient (Wildman–Crippen LogP) is 1.71. The Kier molecular flexibility index (Phi) is 4.29. The third-order valence-electron chi connectivity index (χ3n) is 3.02. The highest BCUT2D eigenvalue weighted by Crippen LogP contribution is 2.19. The number of ether oxygens (including phenoxy) is 1. The zero-order valence-corrected chi connectivity index (χ0v) is 12.0. The first-order chi connectivity index (χ1) is 9.47. The van der Waals surface area contributed by atoms with Gasteiger partial charge in [-0.3, -0.25) is 4.57 Å². The summed E-state index contributed by atoms with van der Waals surface area (Å²) >= 11 is 0. The number of aromatic nitrogens is 2. The highest BCUT2D eigenvalue weighted by atomic mass is 16.5. The van der Waals surface area contributed by atoms with Gasteiger partial charge in [0.2, 0.25) is 0 Å². The number of rotatable bonds is 5. The van der Waals surface area contributed by atoms with Crippen molar-refractivity contribution in [1.82, 2.24) is 9.13 Å². The van der Waals surface area contributed by atoms with Gasteiger partial charge in [0.1, 0.15) is 5.75 Å². The molecule has 0 aliphatic rings. The molecule has 0 saturated heterocycles. The molecule has 0 fully saturated rings. The maximum absolute atomic E-state index is 11.7. The number of hydrogen-bond donors (Lipinski definition) is 1. The minimum absolute atomic E-state index is 0.119. The van der Waals surface area contributed by atoms with Gasteiger partial charge >= 0.3 is 5.69 Å². The molecule has 0 saturated carbocycles. The van der Waals surface area contributed by atoms with E-state index in [2.05, 4.69) is 0 Å². The molecule has 1 unspecified atom stereocenters. The van der Waals surface area contributed by atoms with Crippen LogP contribution in [-0.4, -0.2) is 20.3 Å². The van der Waals surface area contributed by atoms with Crippen LogP contribution in [0.1, 0.15) is 25.5 Å². The van der Waals surface area contributed by atoms with Gasteiger partial charge in [0.25, 0.3) is 0 Å². The van der Waals surface area contributed by atoms with Gasteiger partial charge in [-0.2, -0.15) is 0 Å². The Balaban J connectivity index is 2.07. The highest BCUT2D eigenvalue weighted by molar-refractivity contribution is 5.28. The smallest absolute Gasteiger partial charge is 0.327 e. The van der Waals surface area contributed by atoms with Crippen LogP contribution in [0.2, 0.25) is 0 Å². The van der Waals surface area contributed by atoms with Gasteiger partial charge < -0.3 is 14.4 Å². The Bertz CT molecular complexity index is 611. The Morgan fingerprint density at radius 1 is 1.20 bits per heavy atom. The molecule has 0 aliphatic carbocycles. The van der Waals surface area contributed by atoms with E-state index in [1.807, 2.05) is 38.1 Å². The second kappa shape index (κ2) is 5.96. The SMILES string of the molecule is CC(C)Oc1ccc(C(O)Cn2ccn(C)c2=O)cc1. The van der Waals surface area contributed by atoms with E-state index in [4.69, 9.17) is 4.74 Å². The lowest BCUT2D eigenvalue weighted by atomic mass is 10.1. The third-order valence-corrected chi connectivity index (χ3v) is 3.02. The normalized spacial score (nSPS) is 12.7. The summed E-state index contributed by atoms with van der Waals surface area (Å²) in [6.45, 7) is 4.17. The molecule has 2 aromatic rings. The molecular weight excluding hydrogens is 256 g/mol. The van der Waals surface area contributed by atoms with E-state index in [0.717, 1.165) is 11.3 Å². The molecule has 1 N–H and O–H groups in total. The zero-order chi connectivity index (χ0) is 14.7. The van der Waals surface area contributed by atoms with E-state index < -0.39 is 6.10 Å². The number of hydrogen-bond acceptors (Lipinski definition) is 3. The van der Waals surface area contributed by atoms with Crippen LogP contribution >= 0.6 is 0 Å². The molecule has 0 radical (unpaired) electrons. The predicted molar refractivity (Wildman–Crippen MR) is 76.8 cm³/mol. The minimum Gasteiger partial charge on any atom is -0.491 e. The van der Waals surface area contributed by atoms with Crippen LogP contribution in [-0.2, 0) is 13.6 Å². The molecule has 0 amide bonds. The molecule has 20 heavy (non-hydrogen) atoms. The van der Waals surface area contributed by atoms with Crippen molar-refractivity contribution in [3.05, 3.63) is 52.7 Å². The Morgan fingerprint density at radius 2 is 1.85 bits per heavy atom. The van der Waals surface area contributed by atoms with E-state index in [9.17, 15) is 9.90 Å². The van der Waals surface area contributed by atoms with Gasteiger partial charge in [0, 0.05) is 19.4 Å². The lowest BCUT2D eigenvalue weighted by molar-refractivity contribution is 0.155. The number of benzene rings is 1. The summed E-state index contributed by atoms with van der Waals surface area (Å²) in [7, 11) is 1.68. The van der Waals surface area contributed by atoms with Gasteiger partial charge in [-0.1, -0.05) is 12.1 Å². The van der Waals surface area contributed by atoms with Gasteiger partial charge in [-0.05, 0) is 31.5 Å². The van der Waals surface area contributed by atoms with Crippen molar-refractivity contribution in [2.45, 2.75) is 32.6 Å². The Morgan fingerprint density at radius 3 is 2.35 bits per heavy atom. The molecule has 1 atom stereocenters. The van der Waals surface area contributed by atoms with Crippen molar-refractivity contribution >= 4 is 0 Å². The average Bonchev–Trinajstić information content (AvgIpc) is 2.71. The summed E-state index contributed by atoms with van der Waals surface area (Å²) in [4.78, 5) is 11.7. The fraction of sp³-hybridized carbons (Fsp3) is 0.400. The molecule has 5 nitrogen and oxygen atoms in total. The molecule has 1 aromatic heterocycles. The van der Waals surface area contributed by atoms with E-state index >= 15 is 0 Å². The topological polar surface area (TPSA) is 56.4 Å². The van der Waals surface area contributed by atoms with Crippen molar-refractivity contribution in [3.63, 3.8) is 0 Å². The molecule has 1 heterocycles. The van der Waals surface area contributed by atoms with Crippen LogP contribution in [0.3, 0.4) is 0 Å². The first-order valence-electron chi connectivity index (χ1n) is 6.64. The second-order valence-electron chi connectivity index (χ2n) is 5.10. The second-order valence-corrected chi connectivity index (χ2v) is 5.10. The number of aryl methyl sites for hydroxylation is 1. The maximum Gasteiger partial charge on any atom is 0.327 e. The molecule has 0 bridgehead atoms. The van der Waals surface area contributed by atoms with Crippen molar-refractivity contribution in [2.75, 3.05) is 0 Å². The van der Waals surface area contributed by atoms with Crippen molar-refractivity contribution in [1.29, 1.82) is 0 Å². The monoisotopic (exact) mass is 276 g/mol. The molecule has 1 aromatic carbocycles. The summed E-state index contributed by atoms with van der Waals surface area (Å²) in [6.07, 6.45) is 2.74. The van der Waals surface area contributed by atoms with Gasteiger partial charge in [0.05, 0.1) is 18.8 Å². The van der Waals surface area contributed by atoms with E-state index in [1.54, 1.807) is 19.4 Å². The quantitative estimate of drug-likeness (QED) is 0.904. The minimum atomic E-state index is -0.719. The average molecular weight is 276 g/mol. The fourth-order valence-corrected chi connectivity index (χ4v) is 1.98. The molecule has 0 spiro atoms. The van der Waals surface area contributed by atoms with Crippen LogP contribution in [0, 0.1) is 0 Å². The van der Waals surface area contributed by atoms with Crippen LogP contribution in [0.25, 0.3) is 0 Å². The van der Waals surface area contributed by atoms with Gasteiger partial charge in [-0.25, -0.2) is 4.79 Å². The lowest BCUT2D eigenvalue weighted by Gasteiger charge is -2.13. The number of aliphatic hydroxyl groups excluding tert-OH is 1. The van der Waals surface area contributed by atoms with Gasteiger partial charge in [0.15, 0.2) is 0 Å². The fourth-order valence-electron chi connectivity index (χ4n) is 1.98. The molecule has 0 aliphatic heterocycles. The third kappa shape index (κ3) is 3.30. The van der Waals surface area contributed by atoms with Crippen molar-refractivity contribution in [2.24, 2.45) is 7.05 Å². The van der Waals surface area contributed by atoms with Gasteiger partial charge in [-0.15, -0.1) is 0 Å². The van der Waals surface area contributed by atoms with Crippen molar-refractivity contribution < 1.29 is 9.84 Å². The van der Waals surface area contributed by atoms with E-state index in [1.165, 1.54) is 9.13 Å². The van der Waals surface area contributed by atoms with Crippen LogP contribution in [0.4, 0.5) is 0 Å². The van der Waals surface area contributed by atoms with E-state index in [0.29, 0.717) is 0 Å². The van der Waals surface area contributed by atoms with E-state index in [-0.39, 0.29) is 18.3 Å². The largest absolute Gasteiger partial charge is 0.491 e. The van der Waals surface area contributed by atoms with Crippen LogP contribution in [0.5, 0.6) is 5.75 Å². The molecule has 2 rings (SSSR count). The molecule has 108 valence electrons. The summed E-state index contributed by atoms with van der Waals surface area (Å²) in [6, 6.07) is 7.28. The number of aliphatic hydroxyl groups is 1. The first-order valence-corrected chi connectivity index (χ1v) is 6.64. The molecular formula is C15H20N2O3. The standard InChI is InChI=1S/C15H20N2O3/c1-11(2)20-13-6-4-12(5-7-13)14(18)10-17-9-8-16(3)15(17)19/h4-9,11,14,18H,10H2,1-3H3. The van der Waals surface area contributed by atoms with Crippen LogP contribution in [0.15, 0.2) is 41.5 Å². The Hall–Kier alpha value is -2.01. The maximum atomic E-state index is 11.7. The lowest BCUT2D eigenvalue weighted by Crippen LogP contribution is -2.24. The summed E-state index contributed by atoms with van der Waals surface area (Å²) in [5.41, 5.74) is 0.626.